The maximum absolute atomic E-state index is 9.00. The Labute approximate surface area is 135 Å². The van der Waals surface area contributed by atoms with E-state index >= 15 is 0 Å². The largest absolute Gasteiger partial charge is 0.354 e. The molecule has 3 heterocycles. The molecule has 0 bridgehead atoms. The van der Waals surface area contributed by atoms with Crippen molar-refractivity contribution in [1.82, 2.24) is 20.0 Å². The van der Waals surface area contributed by atoms with Crippen LogP contribution in [0.5, 0.6) is 0 Å². The molecule has 23 heavy (non-hydrogen) atoms. The van der Waals surface area contributed by atoms with Gasteiger partial charge in [-0.1, -0.05) is 12.1 Å². The number of rotatable bonds is 4. The molecular weight excluding hydrogens is 292 g/mol. The summed E-state index contributed by atoms with van der Waals surface area (Å²) in [5, 5.41) is 13.0. The normalized spacial score (nSPS) is 17.0. The minimum Gasteiger partial charge on any atom is -0.354 e. The van der Waals surface area contributed by atoms with E-state index in [4.69, 9.17) is 9.78 Å². The van der Waals surface area contributed by atoms with E-state index in [2.05, 4.69) is 37.9 Å². The Bertz CT molecular complexity index is 699. The van der Waals surface area contributed by atoms with Gasteiger partial charge in [0, 0.05) is 38.8 Å². The van der Waals surface area contributed by atoms with Gasteiger partial charge in [0.2, 0.25) is 5.89 Å². The van der Waals surface area contributed by atoms with Gasteiger partial charge in [0.25, 0.3) is 0 Å². The van der Waals surface area contributed by atoms with Crippen molar-refractivity contribution in [3.8, 4) is 6.07 Å². The van der Waals surface area contributed by atoms with Gasteiger partial charge in [-0.15, -0.1) is 0 Å². The number of aryl methyl sites for hydroxylation is 1. The first kappa shape index (κ1) is 15.4. The van der Waals surface area contributed by atoms with Gasteiger partial charge in [-0.3, -0.25) is 4.90 Å². The van der Waals surface area contributed by atoms with Gasteiger partial charge >= 0.3 is 0 Å². The predicted octanol–water partition coefficient (Wildman–Crippen LogP) is 1.78. The highest BCUT2D eigenvalue weighted by molar-refractivity contribution is 5.45. The quantitative estimate of drug-likeness (QED) is 0.851. The molecular formula is C16H20N6O. The Morgan fingerprint density at radius 2 is 2.13 bits per heavy atom. The second-order valence-corrected chi connectivity index (χ2v) is 5.62. The summed E-state index contributed by atoms with van der Waals surface area (Å²) in [6, 6.07) is 5.84. The maximum atomic E-state index is 9.00. The van der Waals surface area contributed by atoms with E-state index in [1.165, 1.54) is 0 Å². The van der Waals surface area contributed by atoms with Crippen LogP contribution in [0.25, 0.3) is 0 Å². The Kier molecular flexibility index (Phi) is 4.53. The SMILES string of the molecule is CCc1noc([C@H](C)N2CCN(c3cc(C#N)ccn3)CC2)n1. The van der Waals surface area contributed by atoms with Gasteiger partial charge in [-0.2, -0.15) is 10.2 Å². The van der Waals surface area contributed by atoms with Crippen LogP contribution in [0, 0.1) is 11.3 Å². The molecule has 1 saturated heterocycles. The number of hydrogen-bond acceptors (Lipinski definition) is 7. The zero-order valence-electron chi connectivity index (χ0n) is 13.4. The van der Waals surface area contributed by atoms with Crippen molar-refractivity contribution in [2.24, 2.45) is 0 Å². The third-order valence-electron chi connectivity index (χ3n) is 4.22. The summed E-state index contributed by atoms with van der Waals surface area (Å²) in [7, 11) is 0. The second-order valence-electron chi connectivity index (χ2n) is 5.62. The van der Waals surface area contributed by atoms with Crippen molar-refractivity contribution in [1.29, 1.82) is 5.26 Å². The summed E-state index contributed by atoms with van der Waals surface area (Å²) in [6.45, 7) is 7.62. The van der Waals surface area contributed by atoms with E-state index in [-0.39, 0.29) is 6.04 Å². The van der Waals surface area contributed by atoms with Gasteiger partial charge < -0.3 is 9.42 Å². The van der Waals surface area contributed by atoms with E-state index in [1.807, 2.05) is 13.0 Å². The summed E-state index contributed by atoms with van der Waals surface area (Å²) in [4.78, 5) is 13.3. The molecule has 1 atom stereocenters. The van der Waals surface area contributed by atoms with Crippen LogP contribution in [-0.4, -0.2) is 46.2 Å². The first-order valence-corrected chi connectivity index (χ1v) is 7.89. The third-order valence-corrected chi connectivity index (χ3v) is 4.22. The molecule has 0 radical (unpaired) electrons. The number of nitriles is 1. The summed E-state index contributed by atoms with van der Waals surface area (Å²) in [5.74, 6) is 2.30. The van der Waals surface area contributed by atoms with Crippen LogP contribution in [0.1, 0.15) is 37.2 Å². The molecule has 0 spiro atoms. The van der Waals surface area contributed by atoms with Gasteiger partial charge in [0.15, 0.2) is 5.82 Å². The highest BCUT2D eigenvalue weighted by atomic mass is 16.5. The van der Waals surface area contributed by atoms with Crippen LogP contribution in [0.15, 0.2) is 22.9 Å². The lowest BCUT2D eigenvalue weighted by molar-refractivity contribution is 0.164. The molecule has 2 aromatic rings. The molecule has 0 aromatic carbocycles. The third kappa shape index (κ3) is 3.32. The van der Waals surface area contributed by atoms with E-state index in [0.29, 0.717) is 11.5 Å². The van der Waals surface area contributed by atoms with E-state index in [0.717, 1.165) is 44.2 Å². The van der Waals surface area contributed by atoms with Gasteiger partial charge in [0.1, 0.15) is 5.82 Å². The van der Waals surface area contributed by atoms with Crippen molar-refractivity contribution >= 4 is 5.82 Å². The van der Waals surface area contributed by atoms with E-state index in [9.17, 15) is 0 Å². The number of hydrogen-bond donors (Lipinski definition) is 0. The van der Waals surface area contributed by atoms with Crippen molar-refractivity contribution in [3.63, 3.8) is 0 Å². The fourth-order valence-corrected chi connectivity index (χ4v) is 2.74. The number of nitrogens with zero attached hydrogens (tertiary/aromatic N) is 6. The molecule has 7 heteroatoms. The highest BCUT2D eigenvalue weighted by Crippen LogP contribution is 2.22. The lowest BCUT2D eigenvalue weighted by Gasteiger charge is -2.37. The van der Waals surface area contributed by atoms with Crippen LogP contribution in [0.4, 0.5) is 5.82 Å². The van der Waals surface area contributed by atoms with Crippen LogP contribution < -0.4 is 4.90 Å². The molecule has 1 fully saturated rings. The van der Waals surface area contributed by atoms with Crippen LogP contribution in [0.2, 0.25) is 0 Å². The molecule has 0 aliphatic carbocycles. The molecule has 3 rings (SSSR count). The number of anilines is 1. The van der Waals surface area contributed by atoms with Crippen molar-refractivity contribution in [3.05, 3.63) is 35.6 Å². The molecule has 120 valence electrons. The molecule has 0 unspecified atom stereocenters. The first-order chi connectivity index (χ1) is 11.2. The van der Waals surface area contributed by atoms with Gasteiger partial charge in [-0.05, 0) is 19.1 Å². The lowest BCUT2D eigenvalue weighted by atomic mass is 10.2. The maximum Gasteiger partial charge on any atom is 0.243 e. The number of piperazine rings is 1. The van der Waals surface area contributed by atoms with Crippen LogP contribution in [0.3, 0.4) is 0 Å². The fraction of sp³-hybridized carbons (Fsp3) is 0.500. The zero-order chi connectivity index (χ0) is 16.2. The van der Waals surface area contributed by atoms with Crippen LogP contribution in [-0.2, 0) is 6.42 Å². The van der Waals surface area contributed by atoms with Crippen LogP contribution >= 0.6 is 0 Å². The van der Waals surface area contributed by atoms with E-state index in [1.54, 1.807) is 12.3 Å². The molecule has 0 saturated carbocycles. The molecule has 1 aliphatic rings. The average molecular weight is 312 g/mol. The van der Waals surface area contributed by atoms with Gasteiger partial charge in [0.05, 0.1) is 17.7 Å². The zero-order valence-corrected chi connectivity index (χ0v) is 13.4. The highest BCUT2D eigenvalue weighted by Gasteiger charge is 2.26. The summed E-state index contributed by atoms with van der Waals surface area (Å²) in [5.41, 5.74) is 0.642. The fourth-order valence-electron chi connectivity index (χ4n) is 2.74. The molecule has 0 N–H and O–H groups in total. The summed E-state index contributed by atoms with van der Waals surface area (Å²) >= 11 is 0. The molecule has 1 aliphatic heterocycles. The first-order valence-electron chi connectivity index (χ1n) is 7.89. The number of pyridine rings is 1. The van der Waals surface area contributed by atoms with Crippen molar-refractivity contribution in [2.45, 2.75) is 26.3 Å². The summed E-state index contributed by atoms with van der Waals surface area (Å²) < 4.78 is 5.35. The Hall–Kier alpha value is -2.46. The molecule has 7 nitrogen and oxygen atoms in total. The average Bonchev–Trinajstić information content (AvgIpc) is 3.10. The monoisotopic (exact) mass is 312 g/mol. The second kappa shape index (κ2) is 6.75. The standard InChI is InChI=1S/C16H20N6O/c1-3-14-19-16(23-20-14)12(2)21-6-8-22(9-7-21)15-10-13(11-17)4-5-18-15/h4-5,10,12H,3,6-9H2,1-2H3/t12-/m0/s1. The predicted molar refractivity (Wildman–Crippen MR) is 84.8 cm³/mol. The Morgan fingerprint density at radius 3 is 2.78 bits per heavy atom. The minimum atomic E-state index is 0.114. The topological polar surface area (TPSA) is 82.1 Å². The van der Waals surface area contributed by atoms with Crippen molar-refractivity contribution in [2.75, 3.05) is 31.1 Å². The van der Waals surface area contributed by atoms with E-state index < -0.39 is 0 Å². The summed E-state index contributed by atoms with van der Waals surface area (Å²) in [6.07, 6.45) is 2.47. The number of aromatic nitrogens is 3. The van der Waals surface area contributed by atoms with Gasteiger partial charge in [-0.25, -0.2) is 4.98 Å². The molecule has 2 aromatic heterocycles. The smallest absolute Gasteiger partial charge is 0.243 e. The Morgan fingerprint density at radius 1 is 1.35 bits per heavy atom. The lowest BCUT2D eigenvalue weighted by Crippen LogP contribution is -2.47. The van der Waals surface area contributed by atoms with Crippen molar-refractivity contribution < 1.29 is 4.52 Å². The molecule has 0 amide bonds. The Balaban J connectivity index is 1.62. The minimum absolute atomic E-state index is 0.114.